The summed E-state index contributed by atoms with van der Waals surface area (Å²) in [6.07, 6.45) is 5.77. The summed E-state index contributed by atoms with van der Waals surface area (Å²) in [5.41, 5.74) is 2.41. The zero-order chi connectivity index (χ0) is 12.3. The van der Waals surface area contributed by atoms with E-state index >= 15 is 0 Å². The summed E-state index contributed by atoms with van der Waals surface area (Å²) in [6, 6.07) is 2.17. The van der Waals surface area contributed by atoms with Crippen LogP contribution in [0.15, 0.2) is 34.6 Å². The molecular formula is C12H16N4S. The Morgan fingerprint density at radius 3 is 2.82 bits per heavy atom. The monoisotopic (exact) mass is 248 g/mol. The van der Waals surface area contributed by atoms with Crippen LogP contribution < -0.4 is 5.32 Å². The predicted octanol–water partition coefficient (Wildman–Crippen LogP) is 1.99. The van der Waals surface area contributed by atoms with Crippen LogP contribution in [-0.2, 0) is 13.6 Å². The number of hydrogen-bond acceptors (Lipinski definition) is 4. The fourth-order valence-corrected chi connectivity index (χ4v) is 2.44. The molecule has 1 N–H and O–H groups in total. The number of nitrogens with zero attached hydrogens (tertiary/aromatic N) is 3. The Kier molecular flexibility index (Phi) is 3.81. The minimum absolute atomic E-state index is 0.853. The first-order valence-electron chi connectivity index (χ1n) is 5.45. The molecule has 0 aliphatic heterocycles. The lowest BCUT2D eigenvalue weighted by Crippen LogP contribution is -2.05. The lowest BCUT2D eigenvalue weighted by Gasteiger charge is -2.05. The maximum atomic E-state index is 4.49. The van der Waals surface area contributed by atoms with E-state index in [2.05, 4.69) is 28.4 Å². The van der Waals surface area contributed by atoms with Gasteiger partial charge in [0.2, 0.25) is 0 Å². The van der Waals surface area contributed by atoms with Crippen molar-refractivity contribution in [2.24, 2.45) is 7.05 Å². The normalized spacial score (nSPS) is 10.8. The van der Waals surface area contributed by atoms with Gasteiger partial charge in [-0.1, -0.05) is 17.8 Å². The van der Waals surface area contributed by atoms with Gasteiger partial charge in [0.25, 0.3) is 0 Å². The zero-order valence-corrected chi connectivity index (χ0v) is 11.1. The van der Waals surface area contributed by atoms with Gasteiger partial charge in [-0.3, -0.25) is 4.68 Å². The summed E-state index contributed by atoms with van der Waals surface area (Å²) in [5, 5.41) is 8.31. The maximum Gasteiger partial charge on any atom is 0.104 e. The van der Waals surface area contributed by atoms with E-state index in [1.54, 1.807) is 16.4 Å². The summed E-state index contributed by atoms with van der Waals surface area (Å²) < 4.78 is 1.80. The van der Waals surface area contributed by atoms with E-state index in [4.69, 9.17) is 0 Å². The van der Waals surface area contributed by atoms with E-state index < -0.39 is 0 Å². The second-order valence-corrected chi connectivity index (χ2v) is 5.01. The van der Waals surface area contributed by atoms with Gasteiger partial charge in [0.1, 0.15) is 5.03 Å². The Labute approximate surface area is 105 Å². The molecule has 0 unspecified atom stereocenters. The molecule has 0 amide bonds. The van der Waals surface area contributed by atoms with Crippen molar-refractivity contribution >= 4 is 11.8 Å². The number of rotatable bonds is 4. The second kappa shape index (κ2) is 5.33. The van der Waals surface area contributed by atoms with Crippen LogP contribution in [0.2, 0.25) is 0 Å². The highest BCUT2D eigenvalue weighted by atomic mass is 32.2. The minimum Gasteiger partial charge on any atom is -0.316 e. The Hall–Kier alpha value is -1.33. The molecule has 2 rings (SSSR count). The fourth-order valence-electron chi connectivity index (χ4n) is 1.59. The molecule has 0 aromatic carbocycles. The summed E-state index contributed by atoms with van der Waals surface area (Å²) in [7, 11) is 3.86. The first-order chi connectivity index (χ1) is 8.19. The summed E-state index contributed by atoms with van der Waals surface area (Å²) in [6.45, 7) is 2.94. The van der Waals surface area contributed by atoms with Crippen molar-refractivity contribution in [1.29, 1.82) is 0 Å². The van der Waals surface area contributed by atoms with Gasteiger partial charge in [-0.2, -0.15) is 5.10 Å². The lowest BCUT2D eigenvalue weighted by molar-refractivity contribution is 0.766. The van der Waals surface area contributed by atoms with Gasteiger partial charge in [-0.15, -0.1) is 0 Å². The van der Waals surface area contributed by atoms with Crippen molar-refractivity contribution in [2.75, 3.05) is 7.05 Å². The third kappa shape index (κ3) is 3.08. The molecule has 2 heterocycles. The second-order valence-electron chi connectivity index (χ2n) is 3.95. The van der Waals surface area contributed by atoms with E-state index in [1.807, 2.05) is 32.7 Å². The van der Waals surface area contributed by atoms with Crippen LogP contribution in [0.4, 0.5) is 0 Å². The van der Waals surface area contributed by atoms with Gasteiger partial charge in [-0.05, 0) is 25.1 Å². The number of pyridine rings is 1. The molecule has 0 bridgehead atoms. The Morgan fingerprint density at radius 2 is 2.24 bits per heavy atom. The molecule has 2 aromatic heterocycles. The molecule has 5 heteroatoms. The standard InChI is InChI=1S/C12H16N4S/c1-9-4-10(5-13-2)6-14-12(9)17-11-7-15-16(3)8-11/h4,6-8,13H,5H2,1-3H3. The Morgan fingerprint density at radius 1 is 1.41 bits per heavy atom. The molecule has 0 spiro atoms. The molecule has 2 aromatic rings. The number of aromatic nitrogens is 3. The van der Waals surface area contributed by atoms with Crippen LogP contribution in [-0.4, -0.2) is 21.8 Å². The third-order valence-corrected chi connectivity index (χ3v) is 3.43. The fraction of sp³-hybridized carbons (Fsp3) is 0.333. The van der Waals surface area contributed by atoms with Crippen molar-refractivity contribution < 1.29 is 0 Å². The molecule has 0 aliphatic carbocycles. The number of nitrogens with one attached hydrogen (secondary N) is 1. The molecule has 4 nitrogen and oxygen atoms in total. The summed E-state index contributed by atoms with van der Waals surface area (Å²) in [5.74, 6) is 0. The first-order valence-corrected chi connectivity index (χ1v) is 6.27. The number of hydrogen-bond donors (Lipinski definition) is 1. The largest absolute Gasteiger partial charge is 0.316 e. The molecule has 0 saturated carbocycles. The van der Waals surface area contributed by atoms with Crippen LogP contribution in [0.5, 0.6) is 0 Å². The highest BCUT2D eigenvalue weighted by molar-refractivity contribution is 7.99. The predicted molar refractivity (Wildman–Crippen MR) is 69.1 cm³/mol. The summed E-state index contributed by atoms with van der Waals surface area (Å²) >= 11 is 1.65. The van der Waals surface area contributed by atoms with Crippen molar-refractivity contribution in [1.82, 2.24) is 20.1 Å². The van der Waals surface area contributed by atoms with Crippen molar-refractivity contribution in [3.63, 3.8) is 0 Å². The molecule has 0 saturated heterocycles. The average molecular weight is 248 g/mol. The van der Waals surface area contributed by atoms with Crippen LogP contribution >= 0.6 is 11.8 Å². The van der Waals surface area contributed by atoms with Crippen LogP contribution in [0.1, 0.15) is 11.1 Å². The van der Waals surface area contributed by atoms with Gasteiger partial charge in [0, 0.05) is 26.0 Å². The van der Waals surface area contributed by atoms with E-state index in [0.29, 0.717) is 0 Å². The molecular weight excluding hydrogens is 232 g/mol. The Balaban J connectivity index is 2.16. The van der Waals surface area contributed by atoms with Gasteiger partial charge in [0.05, 0.1) is 11.1 Å². The lowest BCUT2D eigenvalue weighted by atomic mass is 10.2. The van der Waals surface area contributed by atoms with E-state index in [1.165, 1.54) is 11.1 Å². The van der Waals surface area contributed by atoms with Gasteiger partial charge < -0.3 is 5.32 Å². The SMILES string of the molecule is CNCc1cnc(Sc2cnn(C)c2)c(C)c1. The zero-order valence-electron chi connectivity index (χ0n) is 10.3. The average Bonchev–Trinajstić information content (AvgIpc) is 2.69. The Bertz CT molecular complexity index is 507. The molecule has 0 atom stereocenters. The minimum atomic E-state index is 0.853. The molecule has 0 fully saturated rings. The van der Waals surface area contributed by atoms with Crippen molar-refractivity contribution in [2.45, 2.75) is 23.4 Å². The smallest absolute Gasteiger partial charge is 0.104 e. The highest BCUT2D eigenvalue weighted by Gasteiger charge is 2.05. The van der Waals surface area contributed by atoms with E-state index in [0.717, 1.165) is 16.5 Å². The topological polar surface area (TPSA) is 42.7 Å². The molecule has 17 heavy (non-hydrogen) atoms. The van der Waals surface area contributed by atoms with Gasteiger partial charge in [0.15, 0.2) is 0 Å². The van der Waals surface area contributed by atoms with Crippen LogP contribution in [0, 0.1) is 6.92 Å². The maximum absolute atomic E-state index is 4.49. The number of aryl methyl sites for hydroxylation is 2. The molecule has 0 radical (unpaired) electrons. The van der Waals surface area contributed by atoms with E-state index in [9.17, 15) is 0 Å². The van der Waals surface area contributed by atoms with Crippen LogP contribution in [0.25, 0.3) is 0 Å². The quantitative estimate of drug-likeness (QED) is 0.898. The molecule has 90 valence electrons. The van der Waals surface area contributed by atoms with Gasteiger partial charge in [-0.25, -0.2) is 4.98 Å². The van der Waals surface area contributed by atoms with Crippen molar-refractivity contribution in [3.8, 4) is 0 Å². The highest BCUT2D eigenvalue weighted by Crippen LogP contribution is 2.28. The molecule has 0 aliphatic rings. The van der Waals surface area contributed by atoms with E-state index in [-0.39, 0.29) is 0 Å². The third-order valence-electron chi connectivity index (χ3n) is 2.36. The van der Waals surface area contributed by atoms with Crippen molar-refractivity contribution in [3.05, 3.63) is 35.8 Å². The van der Waals surface area contributed by atoms with Crippen LogP contribution in [0.3, 0.4) is 0 Å². The van der Waals surface area contributed by atoms with Gasteiger partial charge >= 0.3 is 0 Å². The first kappa shape index (κ1) is 12.1. The summed E-state index contributed by atoms with van der Waals surface area (Å²) in [4.78, 5) is 5.60.